The number of nitrogens with one attached hydrogen (secondary N) is 2. The average molecular weight is 272 g/mol. The van der Waals surface area contributed by atoms with E-state index in [4.69, 9.17) is 0 Å². The molecule has 1 amide bonds. The van der Waals surface area contributed by atoms with Gasteiger partial charge in [-0.05, 0) is 55.7 Å². The summed E-state index contributed by atoms with van der Waals surface area (Å²) in [5.74, 6) is 0.740. The number of hydrogen-bond donors (Lipinski definition) is 2. The fourth-order valence-electron chi connectivity index (χ4n) is 3.45. The molecule has 2 atom stereocenters. The zero-order chi connectivity index (χ0) is 13.8. The molecule has 1 aromatic carbocycles. The molecule has 1 saturated heterocycles. The quantitative estimate of drug-likeness (QED) is 0.881. The van der Waals surface area contributed by atoms with Crippen molar-refractivity contribution < 1.29 is 4.79 Å². The van der Waals surface area contributed by atoms with E-state index >= 15 is 0 Å². The molecule has 0 spiro atoms. The molecule has 1 aliphatic heterocycles. The highest BCUT2D eigenvalue weighted by atomic mass is 16.1. The number of benzene rings is 1. The Kier molecular flexibility index (Phi) is 4.36. The van der Waals surface area contributed by atoms with Crippen LogP contribution in [-0.2, 0) is 17.6 Å². The van der Waals surface area contributed by atoms with Crippen LogP contribution in [0.25, 0.3) is 0 Å². The number of carbonyl (C=O) groups excluding carboxylic acids is 1. The molecule has 2 N–H and O–H groups in total. The van der Waals surface area contributed by atoms with E-state index in [-0.39, 0.29) is 5.91 Å². The summed E-state index contributed by atoms with van der Waals surface area (Å²) < 4.78 is 0. The van der Waals surface area contributed by atoms with E-state index in [2.05, 4.69) is 34.9 Å². The molecule has 2 aliphatic rings. The van der Waals surface area contributed by atoms with Gasteiger partial charge in [0, 0.05) is 19.0 Å². The molecule has 1 aromatic rings. The minimum Gasteiger partial charge on any atom is -0.355 e. The highest BCUT2D eigenvalue weighted by Gasteiger charge is 2.21. The van der Waals surface area contributed by atoms with Crippen molar-refractivity contribution in [1.29, 1.82) is 0 Å². The SMILES string of the molecule is O=C(CC1CCc2ccccc2C1)NCC1CCCN1. The van der Waals surface area contributed by atoms with Crippen LogP contribution in [-0.4, -0.2) is 25.0 Å². The highest BCUT2D eigenvalue weighted by molar-refractivity contribution is 5.76. The molecule has 3 heteroatoms. The monoisotopic (exact) mass is 272 g/mol. The van der Waals surface area contributed by atoms with Gasteiger partial charge in [0.15, 0.2) is 0 Å². The van der Waals surface area contributed by atoms with Crippen LogP contribution in [0.15, 0.2) is 24.3 Å². The fourth-order valence-corrected chi connectivity index (χ4v) is 3.45. The first-order chi connectivity index (χ1) is 9.81. The van der Waals surface area contributed by atoms with Crippen molar-refractivity contribution in [3.8, 4) is 0 Å². The van der Waals surface area contributed by atoms with E-state index in [1.54, 1.807) is 0 Å². The molecule has 20 heavy (non-hydrogen) atoms. The topological polar surface area (TPSA) is 41.1 Å². The van der Waals surface area contributed by atoms with Crippen LogP contribution in [0.1, 0.15) is 36.8 Å². The first kappa shape index (κ1) is 13.6. The lowest BCUT2D eigenvalue weighted by Gasteiger charge is -2.24. The third-order valence-corrected chi connectivity index (χ3v) is 4.63. The maximum absolute atomic E-state index is 12.0. The van der Waals surface area contributed by atoms with Gasteiger partial charge >= 0.3 is 0 Å². The second-order valence-electron chi connectivity index (χ2n) is 6.18. The van der Waals surface area contributed by atoms with Gasteiger partial charge in [0.1, 0.15) is 0 Å². The Morgan fingerprint density at radius 2 is 2.10 bits per heavy atom. The van der Waals surface area contributed by atoms with Crippen LogP contribution in [0.4, 0.5) is 0 Å². The van der Waals surface area contributed by atoms with Gasteiger partial charge in [-0.2, -0.15) is 0 Å². The van der Waals surface area contributed by atoms with Crippen molar-refractivity contribution in [2.24, 2.45) is 5.92 Å². The predicted octanol–water partition coefficient (Wildman–Crippen LogP) is 2.05. The van der Waals surface area contributed by atoms with Crippen molar-refractivity contribution in [2.45, 2.75) is 44.6 Å². The second kappa shape index (κ2) is 6.40. The predicted molar refractivity (Wildman–Crippen MR) is 80.6 cm³/mol. The van der Waals surface area contributed by atoms with Gasteiger partial charge in [0.2, 0.25) is 5.91 Å². The van der Waals surface area contributed by atoms with E-state index in [0.29, 0.717) is 18.4 Å². The fraction of sp³-hybridized carbons (Fsp3) is 0.588. The summed E-state index contributed by atoms with van der Waals surface area (Å²) in [6.45, 7) is 1.89. The number of aryl methyl sites for hydroxylation is 1. The molecule has 3 rings (SSSR count). The minimum atomic E-state index is 0.225. The van der Waals surface area contributed by atoms with Crippen molar-refractivity contribution in [3.63, 3.8) is 0 Å². The lowest BCUT2D eigenvalue weighted by molar-refractivity contribution is -0.122. The number of rotatable bonds is 4. The molecule has 0 aromatic heterocycles. The van der Waals surface area contributed by atoms with Crippen molar-refractivity contribution in [2.75, 3.05) is 13.1 Å². The van der Waals surface area contributed by atoms with Gasteiger partial charge in [-0.15, -0.1) is 0 Å². The van der Waals surface area contributed by atoms with Crippen molar-refractivity contribution in [1.82, 2.24) is 10.6 Å². The van der Waals surface area contributed by atoms with Gasteiger partial charge < -0.3 is 10.6 Å². The van der Waals surface area contributed by atoms with Crippen LogP contribution >= 0.6 is 0 Å². The van der Waals surface area contributed by atoms with Crippen LogP contribution in [0.2, 0.25) is 0 Å². The molecule has 2 unspecified atom stereocenters. The highest BCUT2D eigenvalue weighted by Crippen LogP contribution is 2.27. The standard InChI is InChI=1S/C17H24N2O/c20-17(19-12-16-6-3-9-18-16)11-13-7-8-14-4-1-2-5-15(14)10-13/h1-2,4-5,13,16,18H,3,6-12H2,(H,19,20). The summed E-state index contributed by atoms with van der Waals surface area (Å²) in [7, 11) is 0. The Morgan fingerprint density at radius 3 is 2.90 bits per heavy atom. The largest absolute Gasteiger partial charge is 0.355 e. The molecule has 0 saturated carbocycles. The van der Waals surface area contributed by atoms with Crippen LogP contribution in [0.3, 0.4) is 0 Å². The minimum absolute atomic E-state index is 0.225. The smallest absolute Gasteiger partial charge is 0.220 e. The van der Waals surface area contributed by atoms with Crippen LogP contribution < -0.4 is 10.6 Å². The summed E-state index contributed by atoms with van der Waals surface area (Å²) in [6.07, 6.45) is 6.44. The maximum Gasteiger partial charge on any atom is 0.220 e. The van der Waals surface area contributed by atoms with Gasteiger partial charge in [-0.25, -0.2) is 0 Å². The molecule has 1 heterocycles. The first-order valence-corrected chi connectivity index (χ1v) is 7.88. The Labute approximate surface area is 121 Å². The van der Waals surface area contributed by atoms with E-state index in [0.717, 1.165) is 32.4 Å². The number of amides is 1. The zero-order valence-electron chi connectivity index (χ0n) is 12.0. The molecular formula is C17H24N2O. The van der Waals surface area contributed by atoms with Gasteiger partial charge in [0.05, 0.1) is 0 Å². The number of hydrogen-bond acceptors (Lipinski definition) is 2. The molecule has 108 valence electrons. The van der Waals surface area contributed by atoms with E-state index in [1.165, 1.54) is 24.0 Å². The molecular weight excluding hydrogens is 248 g/mol. The van der Waals surface area contributed by atoms with E-state index in [1.807, 2.05) is 0 Å². The van der Waals surface area contributed by atoms with Crippen molar-refractivity contribution in [3.05, 3.63) is 35.4 Å². The summed E-state index contributed by atoms with van der Waals surface area (Å²) in [6, 6.07) is 9.14. The van der Waals surface area contributed by atoms with Gasteiger partial charge in [-0.1, -0.05) is 24.3 Å². The normalized spacial score (nSPS) is 25.2. The van der Waals surface area contributed by atoms with Crippen LogP contribution in [0.5, 0.6) is 0 Å². The summed E-state index contributed by atoms with van der Waals surface area (Å²) in [5.41, 5.74) is 2.91. The van der Waals surface area contributed by atoms with Gasteiger partial charge in [-0.3, -0.25) is 4.79 Å². The third kappa shape index (κ3) is 3.40. The van der Waals surface area contributed by atoms with Crippen molar-refractivity contribution >= 4 is 5.91 Å². The summed E-state index contributed by atoms with van der Waals surface area (Å²) >= 11 is 0. The molecule has 3 nitrogen and oxygen atoms in total. The van der Waals surface area contributed by atoms with Gasteiger partial charge in [0.25, 0.3) is 0 Å². The summed E-state index contributed by atoms with van der Waals surface area (Å²) in [5, 5.41) is 6.51. The number of fused-ring (bicyclic) bond motifs is 1. The lowest BCUT2D eigenvalue weighted by Crippen LogP contribution is -2.38. The molecule has 0 radical (unpaired) electrons. The average Bonchev–Trinajstić information content (AvgIpc) is 2.98. The molecule has 1 aliphatic carbocycles. The Morgan fingerprint density at radius 1 is 1.25 bits per heavy atom. The Balaban J connectivity index is 1.45. The van der Waals surface area contributed by atoms with E-state index in [9.17, 15) is 4.79 Å². The summed E-state index contributed by atoms with van der Waals surface area (Å²) in [4.78, 5) is 12.0. The second-order valence-corrected chi connectivity index (χ2v) is 6.18. The van der Waals surface area contributed by atoms with Crippen LogP contribution in [0, 0.1) is 5.92 Å². The van der Waals surface area contributed by atoms with E-state index < -0.39 is 0 Å². The first-order valence-electron chi connectivity index (χ1n) is 7.88. The molecule has 0 bridgehead atoms. The zero-order valence-corrected chi connectivity index (χ0v) is 12.0. The Bertz CT molecular complexity index is 466. The number of carbonyl (C=O) groups is 1. The lowest BCUT2D eigenvalue weighted by atomic mass is 9.82. The maximum atomic E-state index is 12.0. The molecule has 1 fully saturated rings. The third-order valence-electron chi connectivity index (χ3n) is 4.63. The Hall–Kier alpha value is -1.35.